The number of aromatic nitrogens is 2. The maximum absolute atomic E-state index is 9.15. The molecule has 0 amide bonds. The number of hydrogen-bond donors (Lipinski definition) is 0. The van der Waals surface area contributed by atoms with Gasteiger partial charge in [-0.3, -0.25) is 0 Å². The van der Waals surface area contributed by atoms with Crippen molar-refractivity contribution in [3.05, 3.63) is 78.4 Å². The molecule has 0 bridgehead atoms. The van der Waals surface area contributed by atoms with Crippen molar-refractivity contribution in [1.82, 2.24) is 9.55 Å². The van der Waals surface area contributed by atoms with Crippen LogP contribution in [0.3, 0.4) is 0 Å². The fourth-order valence-electron chi connectivity index (χ4n) is 2.04. The monoisotopic (exact) mass is 291 g/mol. The molecule has 3 nitrogen and oxygen atoms in total. The molecule has 4 heteroatoms. The van der Waals surface area contributed by atoms with Crippen molar-refractivity contribution in [3.63, 3.8) is 0 Å². The molecule has 3 aromatic rings. The second-order valence-electron chi connectivity index (χ2n) is 4.50. The Morgan fingerprint density at radius 3 is 2.62 bits per heavy atom. The van der Waals surface area contributed by atoms with Crippen LogP contribution in [-0.2, 0) is 5.75 Å². The van der Waals surface area contributed by atoms with Gasteiger partial charge in [0.25, 0.3) is 0 Å². The third-order valence-electron chi connectivity index (χ3n) is 3.07. The van der Waals surface area contributed by atoms with E-state index in [9.17, 15) is 0 Å². The van der Waals surface area contributed by atoms with Crippen molar-refractivity contribution >= 4 is 11.8 Å². The predicted octanol–water partition coefficient (Wildman–Crippen LogP) is 4.04. The number of thioether (sulfide) groups is 1. The smallest absolute Gasteiger partial charge is 0.101 e. The normalized spacial score (nSPS) is 10.2. The number of para-hydroxylation sites is 1. The van der Waals surface area contributed by atoms with E-state index < -0.39 is 0 Å². The largest absolute Gasteiger partial charge is 0.305 e. The second kappa shape index (κ2) is 6.29. The van der Waals surface area contributed by atoms with Crippen LogP contribution >= 0.6 is 11.8 Å². The van der Waals surface area contributed by atoms with Crippen molar-refractivity contribution in [2.24, 2.45) is 0 Å². The van der Waals surface area contributed by atoms with Gasteiger partial charge in [0.05, 0.1) is 23.3 Å². The summed E-state index contributed by atoms with van der Waals surface area (Å²) in [5.74, 6) is 0.811. The lowest BCUT2D eigenvalue weighted by atomic mass is 10.2. The molecular formula is C17H13N3S. The van der Waals surface area contributed by atoms with Gasteiger partial charge in [-0.1, -0.05) is 30.3 Å². The average Bonchev–Trinajstić information content (AvgIpc) is 3.02. The van der Waals surface area contributed by atoms with Crippen LogP contribution in [0.4, 0.5) is 0 Å². The van der Waals surface area contributed by atoms with Gasteiger partial charge < -0.3 is 4.57 Å². The molecule has 0 saturated carbocycles. The van der Waals surface area contributed by atoms with E-state index in [4.69, 9.17) is 5.26 Å². The predicted molar refractivity (Wildman–Crippen MR) is 84.3 cm³/mol. The molecule has 1 aromatic heterocycles. The molecule has 0 atom stereocenters. The molecule has 0 aliphatic carbocycles. The summed E-state index contributed by atoms with van der Waals surface area (Å²) in [5, 5.41) is 9.15. The number of nitrogens with zero attached hydrogens (tertiary/aromatic N) is 3. The fraction of sp³-hybridized carbons (Fsp3) is 0.0588. The highest BCUT2D eigenvalue weighted by molar-refractivity contribution is 7.98. The van der Waals surface area contributed by atoms with Crippen LogP contribution in [0.25, 0.3) is 5.69 Å². The molecule has 0 aliphatic heterocycles. The highest BCUT2D eigenvalue weighted by atomic mass is 32.2. The molecule has 2 aromatic carbocycles. The zero-order valence-electron chi connectivity index (χ0n) is 11.3. The number of rotatable bonds is 4. The number of imidazole rings is 1. The standard InChI is InChI=1S/C17H13N3S/c18-10-14-6-4-5-9-17(14)20-11-15(19-13-20)12-21-16-7-2-1-3-8-16/h1-9,11,13H,12H2. The van der Waals surface area contributed by atoms with Gasteiger partial charge in [0.15, 0.2) is 0 Å². The lowest BCUT2D eigenvalue weighted by Gasteiger charge is -2.03. The van der Waals surface area contributed by atoms with E-state index >= 15 is 0 Å². The summed E-state index contributed by atoms with van der Waals surface area (Å²) >= 11 is 1.75. The third-order valence-corrected chi connectivity index (χ3v) is 4.11. The van der Waals surface area contributed by atoms with E-state index in [1.807, 2.05) is 53.2 Å². The molecule has 0 fully saturated rings. The minimum absolute atomic E-state index is 0.650. The SMILES string of the molecule is N#Cc1ccccc1-n1cnc(CSc2ccccc2)c1. The molecule has 102 valence electrons. The molecule has 0 aliphatic rings. The quantitative estimate of drug-likeness (QED) is 0.681. The van der Waals surface area contributed by atoms with Crippen molar-refractivity contribution in [2.45, 2.75) is 10.6 Å². The summed E-state index contributed by atoms with van der Waals surface area (Å²) in [4.78, 5) is 5.64. The molecule has 0 spiro atoms. The number of nitriles is 1. The summed E-state index contributed by atoms with van der Waals surface area (Å²) in [7, 11) is 0. The van der Waals surface area contributed by atoms with Crippen molar-refractivity contribution < 1.29 is 0 Å². The fourth-order valence-corrected chi connectivity index (χ4v) is 2.85. The van der Waals surface area contributed by atoms with Crippen LogP contribution < -0.4 is 0 Å². The highest BCUT2D eigenvalue weighted by Gasteiger charge is 2.05. The van der Waals surface area contributed by atoms with Crippen LogP contribution in [-0.4, -0.2) is 9.55 Å². The molecule has 21 heavy (non-hydrogen) atoms. The molecule has 0 saturated heterocycles. The summed E-state index contributed by atoms with van der Waals surface area (Å²) in [6, 6.07) is 20.0. The van der Waals surface area contributed by atoms with Gasteiger partial charge in [0.2, 0.25) is 0 Å². The Morgan fingerprint density at radius 1 is 1.05 bits per heavy atom. The van der Waals surface area contributed by atoms with Crippen molar-refractivity contribution in [3.8, 4) is 11.8 Å². The zero-order chi connectivity index (χ0) is 14.5. The average molecular weight is 291 g/mol. The third kappa shape index (κ3) is 3.15. The molecular weight excluding hydrogens is 278 g/mol. The first-order valence-electron chi connectivity index (χ1n) is 6.57. The van der Waals surface area contributed by atoms with Crippen LogP contribution in [0, 0.1) is 11.3 Å². The molecule has 3 rings (SSSR count). The Labute approximate surface area is 127 Å². The minimum atomic E-state index is 0.650. The summed E-state index contributed by atoms with van der Waals surface area (Å²) in [6.45, 7) is 0. The first kappa shape index (κ1) is 13.5. The van der Waals surface area contributed by atoms with Gasteiger partial charge in [-0.05, 0) is 24.3 Å². The molecule has 0 radical (unpaired) electrons. The molecule has 0 N–H and O–H groups in total. The number of hydrogen-bond acceptors (Lipinski definition) is 3. The van der Waals surface area contributed by atoms with Gasteiger partial charge in [0, 0.05) is 16.8 Å². The van der Waals surface area contributed by atoms with E-state index in [0.717, 1.165) is 17.1 Å². The lowest BCUT2D eigenvalue weighted by Crippen LogP contribution is -1.93. The topological polar surface area (TPSA) is 41.6 Å². The van der Waals surface area contributed by atoms with Gasteiger partial charge >= 0.3 is 0 Å². The molecule has 0 unspecified atom stereocenters. The molecule has 1 heterocycles. The lowest BCUT2D eigenvalue weighted by molar-refractivity contribution is 1.05. The van der Waals surface area contributed by atoms with E-state index in [-0.39, 0.29) is 0 Å². The van der Waals surface area contributed by atoms with Gasteiger partial charge in [-0.2, -0.15) is 5.26 Å². The van der Waals surface area contributed by atoms with Crippen LogP contribution in [0.1, 0.15) is 11.3 Å². The Balaban J connectivity index is 1.76. The summed E-state index contributed by atoms with van der Waals surface area (Å²) in [6.07, 6.45) is 3.74. The Bertz CT molecular complexity index is 772. The second-order valence-corrected chi connectivity index (χ2v) is 5.55. The number of benzene rings is 2. The van der Waals surface area contributed by atoms with Gasteiger partial charge in [0.1, 0.15) is 6.07 Å². The van der Waals surface area contributed by atoms with Crippen LogP contribution in [0.5, 0.6) is 0 Å². The Kier molecular flexibility index (Phi) is 4.04. The van der Waals surface area contributed by atoms with E-state index in [1.54, 1.807) is 18.1 Å². The first-order valence-corrected chi connectivity index (χ1v) is 7.55. The Hall–Kier alpha value is -2.51. The maximum Gasteiger partial charge on any atom is 0.101 e. The summed E-state index contributed by atoms with van der Waals surface area (Å²) < 4.78 is 1.90. The van der Waals surface area contributed by atoms with E-state index in [1.165, 1.54) is 4.90 Å². The van der Waals surface area contributed by atoms with E-state index in [0.29, 0.717) is 5.56 Å². The van der Waals surface area contributed by atoms with Gasteiger partial charge in [-0.25, -0.2) is 4.98 Å². The highest BCUT2D eigenvalue weighted by Crippen LogP contribution is 2.22. The van der Waals surface area contributed by atoms with Crippen molar-refractivity contribution in [2.75, 3.05) is 0 Å². The van der Waals surface area contributed by atoms with Crippen LogP contribution in [0.15, 0.2) is 72.0 Å². The van der Waals surface area contributed by atoms with Crippen LogP contribution in [0.2, 0.25) is 0 Å². The maximum atomic E-state index is 9.15. The first-order chi connectivity index (χ1) is 10.4. The zero-order valence-corrected chi connectivity index (χ0v) is 12.1. The van der Waals surface area contributed by atoms with Gasteiger partial charge in [-0.15, -0.1) is 11.8 Å². The summed E-state index contributed by atoms with van der Waals surface area (Å²) in [5.41, 5.74) is 2.51. The van der Waals surface area contributed by atoms with E-state index in [2.05, 4.69) is 23.2 Å². The van der Waals surface area contributed by atoms with Crippen molar-refractivity contribution in [1.29, 1.82) is 5.26 Å². The Morgan fingerprint density at radius 2 is 1.81 bits per heavy atom. The minimum Gasteiger partial charge on any atom is -0.305 e.